The molecule has 1 aromatic rings. The predicted octanol–water partition coefficient (Wildman–Crippen LogP) is 1.72. The van der Waals surface area contributed by atoms with E-state index in [9.17, 15) is 19.1 Å². The van der Waals surface area contributed by atoms with Crippen molar-refractivity contribution in [1.29, 1.82) is 0 Å². The fourth-order valence-corrected chi connectivity index (χ4v) is 3.08. The van der Waals surface area contributed by atoms with E-state index in [1.54, 1.807) is 6.07 Å². The number of nitrogens with zero attached hydrogens (tertiary/aromatic N) is 1. The first-order chi connectivity index (χ1) is 11.4. The molecule has 0 aliphatic carbocycles. The first kappa shape index (κ1) is 18.2. The van der Waals surface area contributed by atoms with Crippen LogP contribution in [0.1, 0.15) is 18.4 Å². The second-order valence-electron chi connectivity index (χ2n) is 6.08. The molecule has 24 heavy (non-hydrogen) atoms. The lowest BCUT2D eigenvalue weighted by Crippen LogP contribution is -2.52. The summed E-state index contributed by atoms with van der Waals surface area (Å²) in [7, 11) is 2.82. The predicted molar refractivity (Wildman–Crippen MR) is 84.4 cm³/mol. The molecular weight excluding hydrogens is 317 g/mol. The first-order valence-corrected chi connectivity index (χ1v) is 7.74. The topological polar surface area (TPSA) is 76.1 Å². The molecule has 1 saturated heterocycles. The Kier molecular flexibility index (Phi) is 5.77. The Labute approximate surface area is 140 Å². The van der Waals surface area contributed by atoms with Gasteiger partial charge in [-0.3, -0.25) is 9.59 Å². The highest BCUT2D eigenvalue weighted by atomic mass is 19.1. The van der Waals surface area contributed by atoms with Crippen LogP contribution in [0.5, 0.6) is 5.75 Å². The minimum absolute atomic E-state index is 0.0175. The summed E-state index contributed by atoms with van der Waals surface area (Å²) in [4.78, 5) is 25.6. The second kappa shape index (κ2) is 7.61. The summed E-state index contributed by atoms with van der Waals surface area (Å²) in [6.45, 7) is 0.660. The van der Waals surface area contributed by atoms with Gasteiger partial charge in [-0.1, -0.05) is 6.07 Å². The number of carboxylic acids is 1. The molecule has 2 rings (SSSR count). The molecular formula is C17H22FNO5. The number of piperidine rings is 1. The quantitative estimate of drug-likeness (QED) is 0.854. The first-order valence-electron chi connectivity index (χ1n) is 7.74. The monoisotopic (exact) mass is 339 g/mol. The summed E-state index contributed by atoms with van der Waals surface area (Å²) < 4.78 is 23.6. The fraction of sp³-hybridized carbons (Fsp3) is 0.529. The average Bonchev–Trinajstić information content (AvgIpc) is 2.55. The molecule has 1 N–H and O–H groups in total. The van der Waals surface area contributed by atoms with Crippen molar-refractivity contribution in [2.24, 2.45) is 5.41 Å². The van der Waals surface area contributed by atoms with Gasteiger partial charge < -0.3 is 19.5 Å². The van der Waals surface area contributed by atoms with Crippen LogP contribution in [0.25, 0.3) is 0 Å². The summed E-state index contributed by atoms with van der Waals surface area (Å²) in [6.07, 6.45) is 1.08. The SMILES string of the molecule is COCC1(C(=O)O)CCCN(C(=O)Cc2ccc(OC)c(F)c2)C1. The fourth-order valence-electron chi connectivity index (χ4n) is 3.08. The van der Waals surface area contributed by atoms with Crippen LogP contribution in [0.4, 0.5) is 4.39 Å². The van der Waals surface area contributed by atoms with E-state index in [-0.39, 0.29) is 31.2 Å². The lowest BCUT2D eigenvalue weighted by Gasteiger charge is -2.39. The molecule has 1 aromatic carbocycles. The molecule has 1 atom stereocenters. The number of carbonyl (C=O) groups excluding carboxylic acids is 1. The molecule has 1 unspecified atom stereocenters. The van der Waals surface area contributed by atoms with Crippen LogP contribution in [0.15, 0.2) is 18.2 Å². The Morgan fingerprint density at radius 1 is 1.38 bits per heavy atom. The number of hydrogen-bond acceptors (Lipinski definition) is 4. The molecule has 0 saturated carbocycles. The molecule has 1 amide bonds. The van der Waals surface area contributed by atoms with Crippen molar-refractivity contribution in [3.05, 3.63) is 29.6 Å². The molecule has 0 aromatic heterocycles. The van der Waals surface area contributed by atoms with Crippen LogP contribution < -0.4 is 4.74 Å². The van der Waals surface area contributed by atoms with Crippen molar-refractivity contribution >= 4 is 11.9 Å². The molecule has 7 heteroatoms. The van der Waals surface area contributed by atoms with E-state index in [0.29, 0.717) is 24.9 Å². The third-order valence-electron chi connectivity index (χ3n) is 4.38. The van der Waals surface area contributed by atoms with Crippen molar-refractivity contribution in [3.63, 3.8) is 0 Å². The summed E-state index contributed by atoms with van der Waals surface area (Å²) in [5.41, 5.74) is -0.551. The van der Waals surface area contributed by atoms with Gasteiger partial charge in [-0.15, -0.1) is 0 Å². The van der Waals surface area contributed by atoms with Crippen LogP contribution in [0.3, 0.4) is 0 Å². The lowest BCUT2D eigenvalue weighted by molar-refractivity contribution is -0.159. The maximum atomic E-state index is 13.7. The maximum absolute atomic E-state index is 13.7. The smallest absolute Gasteiger partial charge is 0.313 e. The van der Waals surface area contributed by atoms with Gasteiger partial charge in [0.05, 0.1) is 20.1 Å². The molecule has 0 bridgehead atoms. The summed E-state index contributed by atoms with van der Waals surface area (Å²) in [6, 6.07) is 4.37. The average molecular weight is 339 g/mol. The molecule has 1 fully saturated rings. The van der Waals surface area contributed by atoms with Gasteiger partial charge in [0, 0.05) is 20.2 Å². The van der Waals surface area contributed by atoms with Gasteiger partial charge >= 0.3 is 5.97 Å². The van der Waals surface area contributed by atoms with E-state index < -0.39 is 17.2 Å². The number of likely N-dealkylation sites (tertiary alicyclic amines) is 1. The number of benzene rings is 1. The van der Waals surface area contributed by atoms with E-state index in [1.807, 2.05) is 0 Å². The molecule has 1 aliphatic heterocycles. The number of rotatable bonds is 6. The highest BCUT2D eigenvalue weighted by molar-refractivity contribution is 5.81. The number of halogens is 1. The van der Waals surface area contributed by atoms with Crippen LogP contribution in [-0.2, 0) is 20.7 Å². The molecule has 132 valence electrons. The largest absolute Gasteiger partial charge is 0.494 e. The highest BCUT2D eigenvalue weighted by Gasteiger charge is 2.43. The van der Waals surface area contributed by atoms with Crippen molar-refractivity contribution in [3.8, 4) is 5.75 Å². The van der Waals surface area contributed by atoms with Crippen LogP contribution in [0.2, 0.25) is 0 Å². The zero-order valence-corrected chi connectivity index (χ0v) is 13.9. The lowest BCUT2D eigenvalue weighted by atomic mass is 9.80. The second-order valence-corrected chi connectivity index (χ2v) is 6.08. The van der Waals surface area contributed by atoms with Crippen LogP contribution >= 0.6 is 0 Å². The van der Waals surface area contributed by atoms with Crippen molar-refractivity contribution in [2.45, 2.75) is 19.3 Å². The molecule has 1 aliphatic rings. The highest BCUT2D eigenvalue weighted by Crippen LogP contribution is 2.31. The maximum Gasteiger partial charge on any atom is 0.313 e. The van der Waals surface area contributed by atoms with Gasteiger partial charge in [0.2, 0.25) is 5.91 Å². The van der Waals surface area contributed by atoms with E-state index in [1.165, 1.54) is 31.3 Å². The van der Waals surface area contributed by atoms with Crippen molar-refractivity contribution in [2.75, 3.05) is 33.9 Å². The third-order valence-corrected chi connectivity index (χ3v) is 4.38. The Balaban J connectivity index is 2.09. The number of amides is 1. The van der Waals surface area contributed by atoms with E-state index in [4.69, 9.17) is 9.47 Å². The minimum Gasteiger partial charge on any atom is -0.494 e. The Morgan fingerprint density at radius 2 is 2.12 bits per heavy atom. The van der Waals surface area contributed by atoms with Gasteiger partial charge in [0.15, 0.2) is 11.6 Å². The normalized spacial score (nSPS) is 20.7. The third kappa shape index (κ3) is 3.84. The van der Waals surface area contributed by atoms with Gasteiger partial charge in [0.1, 0.15) is 5.41 Å². The van der Waals surface area contributed by atoms with Gasteiger partial charge in [0.25, 0.3) is 0 Å². The number of ether oxygens (including phenoxy) is 2. The van der Waals surface area contributed by atoms with Gasteiger partial charge in [-0.2, -0.15) is 0 Å². The number of carboxylic acid groups (broad SMARTS) is 1. The van der Waals surface area contributed by atoms with E-state index in [2.05, 4.69) is 0 Å². The standard InChI is InChI=1S/C17H22FNO5/c1-23-11-17(16(21)22)6-3-7-19(10-17)15(20)9-12-4-5-14(24-2)13(18)8-12/h4-5,8H,3,6-7,9-11H2,1-2H3,(H,21,22). The molecule has 1 heterocycles. The summed E-state index contributed by atoms with van der Waals surface area (Å²) in [5, 5.41) is 9.52. The number of aliphatic carboxylic acids is 1. The Morgan fingerprint density at radius 3 is 2.71 bits per heavy atom. The van der Waals surface area contributed by atoms with Crippen LogP contribution in [0, 0.1) is 11.2 Å². The molecule has 6 nitrogen and oxygen atoms in total. The minimum atomic E-state index is -1.08. The summed E-state index contributed by atoms with van der Waals surface area (Å²) in [5.74, 6) is -1.59. The Bertz CT molecular complexity index is 617. The van der Waals surface area contributed by atoms with Gasteiger partial charge in [-0.25, -0.2) is 4.39 Å². The Hall–Kier alpha value is -2.15. The van der Waals surface area contributed by atoms with E-state index in [0.717, 1.165) is 0 Å². The number of carbonyl (C=O) groups is 2. The molecule has 0 radical (unpaired) electrons. The van der Waals surface area contributed by atoms with Crippen molar-refractivity contribution in [1.82, 2.24) is 4.90 Å². The van der Waals surface area contributed by atoms with Gasteiger partial charge in [-0.05, 0) is 30.5 Å². The van der Waals surface area contributed by atoms with Crippen molar-refractivity contribution < 1.29 is 28.6 Å². The summed E-state index contributed by atoms with van der Waals surface area (Å²) >= 11 is 0. The zero-order valence-electron chi connectivity index (χ0n) is 13.9. The van der Waals surface area contributed by atoms with E-state index >= 15 is 0 Å². The molecule has 0 spiro atoms. The number of hydrogen-bond donors (Lipinski definition) is 1. The number of methoxy groups -OCH3 is 2. The zero-order chi connectivity index (χ0) is 17.7. The van der Waals surface area contributed by atoms with Crippen LogP contribution in [-0.4, -0.2) is 55.8 Å².